The number of likely N-dealkylation sites (N-methyl/N-ethyl adjacent to an activating group) is 2. The largest absolute Gasteiger partial charge is 0.421 e. The summed E-state index contributed by atoms with van der Waals surface area (Å²) >= 11 is 6.46. The van der Waals surface area contributed by atoms with Crippen LogP contribution in [0.4, 0.5) is 26.3 Å². The summed E-state index contributed by atoms with van der Waals surface area (Å²) in [5.41, 5.74) is -2.23. The minimum atomic E-state index is -5.33. The maximum absolute atomic E-state index is 14.9. The van der Waals surface area contributed by atoms with Gasteiger partial charge in [-0.05, 0) is 88.2 Å². The van der Waals surface area contributed by atoms with Crippen LogP contribution in [0.25, 0.3) is 11.5 Å². The van der Waals surface area contributed by atoms with Crippen LogP contribution in [0.15, 0.2) is 22.6 Å². The third-order valence-electron chi connectivity index (χ3n) is 13.5. The zero-order chi connectivity index (χ0) is 48.3. The molecular weight excluding hydrogens is 898 g/mol. The Labute approximate surface area is 386 Å². The van der Waals surface area contributed by atoms with Gasteiger partial charge < -0.3 is 30.4 Å². The Balaban J connectivity index is 1.21. The molecule has 2 saturated heterocycles. The first-order valence-electron chi connectivity index (χ1n) is 23.0. The summed E-state index contributed by atoms with van der Waals surface area (Å²) in [6, 6.07) is 0.217. The fourth-order valence-electron chi connectivity index (χ4n) is 9.72. The number of benzene rings is 1. The second-order valence-corrected chi connectivity index (χ2v) is 19.8. The lowest BCUT2D eigenvalue weighted by Crippen LogP contribution is -2.65. The highest BCUT2D eigenvalue weighted by Crippen LogP contribution is 2.61. The van der Waals surface area contributed by atoms with Gasteiger partial charge in [-0.1, -0.05) is 51.1 Å². The van der Waals surface area contributed by atoms with Crippen LogP contribution in [0.3, 0.4) is 0 Å². The van der Waals surface area contributed by atoms with Crippen molar-refractivity contribution in [3.8, 4) is 11.5 Å². The molecule has 7 atom stereocenters. The molecule has 21 heteroatoms. The molecule has 2 aliphatic heterocycles. The third kappa shape index (κ3) is 12.2. The van der Waals surface area contributed by atoms with E-state index in [2.05, 4.69) is 26.1 Å². The van der Waals surface area contributed by atoms with Crippen LogP contribution in [-0.2, 0) is 25.6 Å². The van der Waals surface area contributed by atoms with Crippen LogP contribution in [-0.4, -0.2) is 142 Å². The number of nitrogens with one attached hydrogen (secondary N) is 3. The van der Waals surface area contributed by atoms with Crippen LogP contribution in [0.2, 0.25) is 5.02 Å². The number of nitrogens with zero attached hydrogens (tertiary/aromatic N) is 5. The first kappa shape index (κ1) is 51.4. The minimum absolute atomic E-state index is 0.0140. The molecule has 0 bridgehead atoms. The van der Waals surface area contributed by atoms with Gasteiger partial charge in [0.05, 0.1) is 24.7 Å². The number of amides is 4. The number of aliphatic hydroxyl groups excluding tert-OH is 1. The number of aryl methyl sites for hydroxylation is 1. The van der Waals surface area contributed by atoms with Gasteiger partial charge >= 0.3 is 6.18 Å². The van der Waals surface area contributed by atoms with Gasteiger partial charge in [-0.2, -0.15) is 13.2 Å². The number of likely N-dealkylation sites (tertiary alicyclic amines) is 1. The molecule has 66 heavy (non-hydrogen) atoms. The van der Waals surface area contributed by atoms with Crippen LogP contribution in [0.1, 0.15) is 102 Å². The molecule has 6 rings (SSSR count). The van der Waals surface area contributed by atoms with Crippen LogP contribution in [0.5, 0.6) is 0 Å². The first-order valence-corrected chi connectivity index (χ1v) is 23.4. The van der Waals surface area contributed by atoms with E-state index in [9.17, 15) is 50.6 Å². The van der Waals surface area contributed by atoms with E-state index >= 15 is 0 Å². The van der Waals surface area contributed by atoms with Gasteiger partial charge in [0, 0.05) is 55.9 Å². The standard InChI is InChI=1S/C45H63ClF6N8O6/c1-25(2)17-32-41(64)59(5)35(19-28-18-29(46)14-15-31(28)40-57-56-26(3)66-40)37(61)53-16-10-8-6-7-9-11-34(38(62)54-32)58(4)22-33(27-12-13-27)55-39(63)36-20-30(47)21-60(36)42(65)43(45(50,51)52)23-44(48,49)24-43/h14-15,18,25,27,30,32-36,41,64H,6-13,16-17,19-24H2,1-5H3,(H,53,61)(H,54,62)(H,55,63)/t30-,32+,33-,34+,35+,36+,41?/m1/s1. The Bertz CT molecular complexity index is 2030. The van der Waals surface area contributed by atoms with E-state index in [-0.39, 0.29) is 36.6 Å². The molecule has 0 spiro atoms. The molecular formula is C45H63ClF6N8O6. The van der Waals surface area contributed by atoms with E-state index in [0.29, 0.717) is 72.0 Å². The second-order valence-electron chi connectivity index (χ2n) is 19.3. The zero-order valence-electron chi connectivity index (χ0n) is 38.1. The number of aromatic nitrogens is 2. The van der Waals surface area contributed by atoms with Crippen molar-refractivity contribution in [3.05, 3.63) is 34.7 Å². The molecule has 0 radical (unpaired) electrons. The molecule has 2 saturated carbocycles. The average molecular weight is 961 g/mol. The minimum Gasteiger partial charge on any atom is -0.421 e. The predicted octanol–water partition coefficient (Wildman–Crippen LogP) is 5.97. The molecule has 1 unspecified atom stereocenters. The van der Waals surface area contributed by atoms with Crippen molar-refractivity contribution in [2.45, 2.75) is 159 Å². The van der Waals surface area contributed by atoms with Crippen molar-refractivity contribution in [2.24, 2.45) is 17.3 Å². The summed E-state index contributed by atoms with van der Waals surface area (Å²) in [5, 5.41) is 29.6. The molecule has 4 N–H and O–H groups in total. The van der Waals surface area contributed by atoms with E-state index in [1.54, 1.807) is 44.1 Å². The van der Waals surface area contributed by atoms with Crippen molar-refractivity contribution in [3.63, 3.8) is 0 Å². The topological polar surface area (TPSA) is 173 Å². The maximum atomic E-state index is 14.9. The number of rotatable bonds is 12. The van der Waals surface area contributed by atoms with Crippen molar-refractivity contribution < 1.29 is 55.0 Å². The van der Waals surface area contributed by atoms with Gasteiger partial charge in [-0.25, -0.2) is 13.2 Å². The van der Waals surface area contributed by atoms with Gasteiger partial charge in [-0.3, -0.25) is 29.0 Å². The van der Waals surface area contributed by atoms with Gasteiger partial charge in [0.25, 0.3) is 5.92 Å². The van der Waals surface area contributed by atoms with E-state index in [0.717, 1.165) is 19.3 Å². The summed E-state index contributed by atoms with van der Waals surface area (Å²) in [4.78, 5) is 59.7. The Hall–Kier alpha value is -4.01. The molecule has 2 aromatic rings. The number of alkyl halides is 6. The fraction of sp³-hybridized carbons (Fsp3) is 0.733. The highest BCUT2D eigenvalue weighted by molar-refractivity contribution is 6.30. The normalized spacial score (nSPS) is 27.6. The van der Waals surface area contributed by atoms with E-state index in [4.69, 9.17) is 16.0 Å². The quantitative estimate of drug-likeness (QED) is 0.186. The maximum Gasteiger partial charge on any atom is 0.403 e. The molecule has 4 fully saturated rings. The summed E-state index contributed by atoms with van der Waals surface area (Å²) in [6.45, 7) is 5.21. The number of aliphatic hydroxyl groups is 1. The Morgan fingerprint density at radius 3 is 2.36 bits per heavy atom. The summed E-state index contributed by atoms with van der Waals surface area (Å²) in [6.07, 6.45) is -6.75. The van der Waals surface area contributed by atoms with Crippen molar-refractivity contribution >= 4 is 35.2 Å². The molecule has 1 aromatic heterocycles. The Morgan fingerprint density at radius 1 is 1.06 bits per heavy atom. The van der Waals surface area contributed by atoms with E-state index < -0.39 is 104 Å². The lowest BCUT2D eigenvalue weighted by Gasteiger charge is -2.48. The lowest BCUT2D eigenvalue weighted by atomic mass is 9.64. The smallest absolute Gasteiger partial charge is 0.403 e. The fourth-order valence-corrected chi connectivity index (χ4v) is 9.92. The van der Waals surface area contributed by atoms with Gasteiger partial charge in [-0.15, -0.1) is 10.2 Å². The number of carbonyl (C=O) groups excluding carboxylic acids is 4. The third-order valence-corrected chi connectivity index (χ3v) is 13.8. The molecule has 1 aromatic carbocycles. The van der Waals surface area contributed by atoms with Gasteiger partial charge in [0.2, 0.25) is 35.4 Å². The van der Waals surface area contributed by atoms with Crippen molar-refractivity contribution in [1.82, 2.24) is 40.8 Å². The molecule has 368 valence electrons. The highest BCUT2D eigenvalue weighted by atomic mass is 35.5. The number of hydrogen-bond donors (Lipinski definition) is 4. The molecule has 2 aliphatic carbocycles. The number of hydrogen-bond acceptors (Lipinski definition) is 10. The molecule has 4 amide bonds. The van der Waals surface area contributed by atoms with Gasteiger partial charge in [0.15, 0.2) is 5.41 Å². The van der Waals surface area contributed by atoms with E-state index in [1.807, 2.05) is 13.8 Å². The van der Waals surface area contributed by atoms with Gasteiger partial charge in [0.1, 0.15) is 18.4 Å². The van der Waals surface area contributed by atoms with Crippen LogP contribution >= 0.6 is 11.6 Å². The monoisotopic (exact) mass is 960 g/mol. The molecule has 4 aliphatic rings. The second kappa shape index (κ2) is 21.1. The van der Waals surface area contributed by atoms with Crippen molar-refractivity contribution in [1.29, 1.82) is 0 Å². The summed E-state index contributed by atoms with van der Waals surface area (Å²) in [7, 11) is 3.32. The SMILES string of the molecule is Cc1nnc(-c2ccc(Cl)cc2C[C@H]2C(=O)NCCCCCCC[C@H](N(C)C[C@@H](NC(=O)[C@@H]3C[C@@H](F)CN3C(=O)C3(C(F)(F)F)CC(F)(F)C3)C3CC3)C(=O)N[C@@H](CC(C)C)C(O)N2C)o1. The Kier molecular flexibility index (Phi) is 16.4. The van der Waals surface area contributed by atoms with Crippen LogP contribution < -0.4 is 16.0 Å². The molecule has 3 heterocycles. The summed E-state index contributed by atoms with van der Waals surface area (Å²) in [5.74, 6) is -6.61. The first-order chi connectivity index (χ1) is 31.0. The number of halogens is 7. The molecule has 14 nitrogen and oxygen atoms in total. The van der Waals surface area contributed by atoms with Crippen LogP contribution in [0, 0.1) is 24.2 Å². The predicted molar refractivity (Wildman–Crippen MR) is 232 cm³/mol. The average Bonchev–Trinajstić information content (AvgIpc) is 3.87. The highest BCUT2D eigenvalue weighted by Gasteiger charge is 2.75. The summed E-state index contributed by atoms with van der Waals surface area (Å²) < 4.78 is 91.0. The van der Waals surface area contributed by atoms with E-state index in [1.165, 1.54) is 4.90 Å². The zero-order valence-corrected chi connectivity index (χ0v) is 38.9. The Morgan fingerprint density at radius 2 is 1.74 bits per heavy atom. The number of carbonyl (C=O) groups is 4. The van der Waals surface area contributed by atoms with Crippen molar-refractivity contribution in [2.75, 3.05) is 33.7 Å². The lowest BCUT2D eigenvalue weighted by molar-refractivity contribution is -0.299.